The molecule has 0 fully saturated rings. The Hall–Kier alpha value is -2.35. The van der Waals surface area contributed by atoms with Gasteiger partial charge >= 0.3 is 0 Å². The number of hydrogen-bond donors (Lipinski definition) is 2. The summed E-state index contributed by atoms with van der Waals surface area (Å²) in [6, 6.07) is 2.31. The van der Waals surface area contributed by atoms with E-state index in [1.54, 1.807) is 0 Å². The van der Waals surface area contributed by atoms with E-state index in [1.807, 2.05) is 24.9 Å². The summed E-state index contributed by atoms with van der Waals surface area (Å²) in [6.45, 7) is 9.47. The molecule has 150 valence electrons. The summed E-state index contributed by atoms with van der Waals surface area (Å²) in [5.74, 6) is 0.849. The monoisotopic (exact) mass is 374 g/mol. The van der Waals surface area contributed by atoms with Gasteiger partial charge in [-0.05, 0) is 47.4 Å². The molecule has 2 rings (SSSR count). The van der Waals surface area contributed by atoms with Crippen molar-refractivity contribution in [3.05, 3.63) is 35.4 Å². The van der Waals surface area contributed by atoms with Crippen LogP contribution in [0.15, 0.2) is 23.5 Å². The smallest absolute Gasteiger partial charge is 0.191 e. The van der Waals surface area contributed by atoms with Crippen molar-refractivity contribution in [1.82, 2.24) is 35.1 Å². The Morgan fingerprint density at radius 3 is 2.63 bits per heavy atom. The number of nitrogens with one attached hydrogen (secondary N) is 2. The molecule has 1 unspecified atom stereocenters. The Morgan fingerprint density at radius 2 is 2.07 bits per heavy atom. The predicted octanol–water partition coefficient (Wildman–Crippen LogP) is 1.48. The number of nitrogens with zero attached hydrogens (tertiary/aromatic N) is 6. The standard InChI is InChI=1S/C19H34N8/c1-7-20-19(21-9-8-10-27-16(3)11-15(2)24-27)22-13-18(25(4)5)17-12-23-26(6)14-17/h11-12,14,18H,7-10,13H2,1-6H3,(H2,20,21,22). The molecule has 0 aliphatic carbocycles. The van der Waals surface area contributed by atoms with Crippen LogP contribution in [0.5, 0.6) is 0 Å². The lowest BCUT2D eigenvalue weighted by Gasteiger charge is -2.22. The molecule has 2 aromatic heterocycles. The van der Waals surface area contributed by atoms with Gasteiger partial charge in [-0.25, -0.2) is 0 Å². The van der Waals surface area contributed by atoms with E-state index >= 15 is 0 Å². The fourth-order valence-corrected chi connectivity index (χ4v) is 3.04. The Bertz CT molecular complexity index is 728. The first-order chi connectivity index (χ1) is 12.9. The molecular formula is C19H34N8. The van der Waals surface area contributed by atoms with E-state index in [2.05, 4.69) is 70.6 Å². The molecule has 2 aromatic rings. The predicted molar refractivity (Wildman–Crippen MR) is 110 cm³/mol. The van der Waals surface area contributed by atoms with Crippen LogP contribution in [-0.4, -0.2) is 64.2 Å². The van der Waals surface area contributed by atoms with Crippen LogP contribution in [0.1, 0.15) is 36.3 Å². The maximum absolute atomic E-state index is 4.78. The van der Waals surface area contributed by atoms with Gasteiger partial charge in [0.05, 0.1) is 24.5 Å². The van der Waals surface area contributed by atoms with E-state index in [4.69, 9.17) is 4.99 Å². The van der Waals surface area contributed by atoms with Crippen molar-refractivity contribution in [2.45, 2.75) is 39.8 Å². The van der Waals surface area contributed by atoms with Crippen LogP contribution >= 0.6 is 0 Å². The zero-order valence-electron chi connectivity index (χ0n) is 17.5. The fourth-order valence-electron chi connectivity index (χ4n) is 3.04. The van der Waals surface area contributed by atoms with Gasteiger partial charge in [0.1, 0.15) is 0 Å². The molecule has 0 bridgehead atoms. The highest BCUT2D eigenvalue weighted by Crippen LogP contribution is 2.17. The normalized spacial score (nSPS) is 13.2. The Balaban J connectivity index is 1.89. The van der Waals surface area contributed by atoms with Crippen LogP contribution in [0, 0.1) is 13.8 Å². The molecule has 0 saturated heterocycles. The van der Waals surface area contributed by atoms with E-state index in [0.717, 1.165) is 37.7 Å². The summed E-state index contributed by atoms with van der Waals surface area (Å²) in [6.07, 6.45) is 4.95. The second-order valence-corrected chi connectivity index (χ2v) is 7.08. The molecule has 27 heavy (non-hydrogen) atoms. The minimum Gasteiger partial charge on any atom is -0.357 e. The lowest BCUT2D eigenvalue weighted by Crippen LogP contribution is -2.38. The van der Waals surface area contributed by atoms with Gasteiger partial charge in [0.15, 0.2) is 5.96 Å². The largest absolute Gasteiger partial charge is 0.357 e. The van der Waals surface area contributed by atoms with Crippen LogP contribution in [-0.2, 0) is 13.6 Å². The van der Waals surface area contributed by atoms with Crippen LogP contribution in [0.25, 0.3) is 0 Å². The molecule has 0 saturated carbocycles. The van der Waals surface area contributed by atoms with Gasteiger partial charge in [0.25, 0.3) is 0 Å². The molecule has 1 atom stereocenters. The Kier molecular flexibility index (Phi) is 7.84. The first-order valence-corrected chi connectivity index (χ1v) is 9.59. The zero-order valence-corrected chi connectivity index (χ0v) is 17.5. The van der Waals surface area contributed by atoms with E-state index in [0.29, 0.717) is 6.54 Å². The maximum atomic E-state index is 4.78. The summed E-state index contributed by atoms with van der Waals surface area (Å²) in [7, 11) is 6.08. The first-order valence-electron chi connectivity index (χ1n) is 9.59. The summed E-state index contributed by atoms with van der Waals surface area (Å²) in [5.41, 5.74) is 3.45. The van der Waals surface area contributed by atoms with Gasteiger partial charge in [0, 0.05) is 44.1 Å². The summed E-state index contributed by atoms with van der Waals surface area (Å²) < 4.78 is 3.89. The minimum absolute atomic E-state index is 0.198. The van der Waals surface area contributed by atoms with Crippen molar-refractivity contribution in [2.24, 2.45) is 12.0 Å². The van der Waals surface area contributed by atoms with Crippen molar-refractivity contribution in [3.63, 3.8) is 0 Å². The van der Waals surface area contributed by atoms with Crippen molar-refractivity contribution >= 4 is 5.96 Å². The number of guanidine groups is 1. The number of rotatable bonds is 9. The third kappa shape index (κ3) is 6.39. The molecule has 0 radical (unpaired) electrons. The number of hydrogen-bond acceptors (Lipinski definition) is 4. The van der Waals surface area contributed by atoms with Crippen molar-refractivity contribution in [3.8, 4) is 0 Å². The number of likely N-dealkylation sites (N-methyl/N-ethyl adjacent to an activating group) is 1. The van der Waals surface area contributed by atoms with Crippen molar-refractivity contribution < 1.29 is 0 Å². The number of aromatic nitrogens is 4. The molecule has 0 spiro atoms. The molecule has 2 N–H and O–H groups in total. The van der Waals surface area contributed by atoms with Gasteiger partial charge in [-0.2, -0.15) is 10.2 Å². The second-order valence-electron chi connectivity index (χ2n) is 7.08. The van der Waals surface area contributed by atoms with E-state index in [1.165, 1.54) is 11.3 Å². The number of aryl methyl sites for hydroxylation is 4. The SMILES string of the molecule is CCNC(=NCC(c1cnn(C)c1)N(C)C)NCCCn1nc(C)cc1C. The average molecular weight is 375 g/mol. The maximum Gasteiger partial charge on any atom is 0.191 e. The van der Waals surface area contributed by atoms with Gasteiger partial charge in [-0.1, -0.05) is 0 Å². The van der Waals surface area contributed by atoms with Gasteiger partial charge < -0.3 is 15.5 Å². The highest BCUT2D eigenvalue weighted by atomic mass is 15.3. The highest BCUT2D eigenvalue weighted by molar-refractivity contribution is 5.79. The molecule has 8 nitrogen and oxygen atoms in total. The summed E-state index contributed by atoms with van der Waals surface area (Å²) in [5, 5.41) is 15.5. The van der Waals surface area contributed by atoms with E-state index < -0.39 is 0 Å². The van der Waals surface area contributed by atoms with E-state index in [-0.39, 0.29) is 6.04 Å². The van der Waals surface area contributed by atoms with Crippen molar-refractivity contribution in [1.29, 1.82) is 0 Å². The first kappa shape index (κ1) is 21.0. The van der Waals surface area contributed by atoms with Gasteiger partial charge in [-0.3, -0.25) is 14.4 Å². The minimum atomic E-state index is 0.198. The van der Waals surface area contributed by atoms with Gasteiger partial charge in [-0.15, -0.1) is 0 Å². The molecule has 8 heteroatoms. The lowest BCUT2D eigenvalue weighted by molar-refractivity contribution is 0.306. The third-order valence-electron chi connectivity index (χ3n) is 4.44. The Morgan fingerprint density at radius 1 is 1.30 bits per heavy atom. The molecule has 2 heterocycles. The molecule has 0 aliphatic heterocycles. The summed E-state index contributed by atoms with van der Waals surface area (Å²) >= 11 is 0. The molecular weight excluding hydrogens is 340 g/mol. The van der Waals surface area contributed by atoms with E-state index in [9.17, 15) is 0 Å². The third-order valence-corrected chi connectivity index (χ3v) is 4.44. The zero-order chi connectivity index (χ0) is 19.8. The molecule has 0 aromatic carbocycles. The van der Waals surface area contributed by atoms with Crippen LogP contribution in [0.2, 0.25) is 0 Å². The van der Waals surface area contributed by atoms with Crippen LogP contribution in [0.3, 0.4) is 0 Å². The summed E-state index contributed by atoms with van der Waals surface area (Å²) in [4.78, 5) is 6.95. The fraction of sp³-hybridized carbons (Fsp3) is 0.632. The second kappa shape index (κ2) is 10.1. The van der Waals surface area contributed by atoms with Gasteiger partial charge in [0.2, 0.25) is 0 Å². The topological polar surface area (TPSA) is 75.3 Å². The van der Waals surface area contributed by atoms with Crippen LogP contribution in [0.4, 0.5) is 0 Å². The highest BCUT2D eigenvalue weighted by Gasteiger charge is 2.15. The lowest BCUT2D eigenvalue weighted by atomic mass is 10.1. The van der Waals surface area contributed by atoms with Crippen molar-refractivity contribution in [2.75, 3.05) is 33.7 Å². The quantitative estimate of drug-likeness (QED) is 0.395. The van der Waals surface area contributed by atoms with Crippen LogP contribution < -0.4 is 10.6 Å². The Labute approximate surface area is 162 Å². The molecule has 0 aliphatic rings. The average Bonchev–Trinajstić information content (AvgIpc) is 3.16. The molecule has 0 amide bonds. The number of aliphatic imine (C=N–C) groups is 1.